The maximum absolute atomic E-state index is 3.94. The molecule has 0 amide bonds. The van der Waals surface area contributed by atoms with Crippen LogP contribution < -0.4 is 5.32 Å². The van der Waals surface area contributed by atoms with Gasteiger partial charge in [-0.1, -0.05) is 6.08 Å². The average molecular weight is 219 g/mol. The van der Waals surface area contributed by atoms with Crippen LogP contribution in [0.3, 0.4) is 0 Å². The molecule has 0 spiro atoms. The first-order valence-electron chi connectivity index (χ1n) is 7.04. The van der Waals surface area contributed by atoms with E-state index in [0.717, 1.165) is 24.2 Å². The third-order valence-corrected chi connectivity index (χ3v) is 5.58. The molecule has 4 aliphatic carbocycles. The largest absolute Gasteiger partial charge is 0.316 e. The lowest BCUT2D eigenvalue weighted by Gasteiger charge is -2.59. The molecule has 16 heavy (non-hydrogen) atoms. The zero-order chi connectivity index (χ0) is 11.2. The molecule has 90 valence electrons. The Balaban J connectivity index is 1.84. The summed E-state index contributed by atoms with van der Waals surface area (Å²) in [4.78, 5) is 0. The third-order valence-electron chi connectivity index (χ3n) is 5.58. The lowest BCUT2D eigenvalue weighted by atomic mass is 9.47. The quantitative estimate of drug-likeness (QED) is 0.715. The summed E-state index contributed by atoms with van der Waals surface area (Å²) in [6.07, 6.45) is 12.4. The first-order valence-corrected chi connectivity index (χ1v) is 7.04. The molecule has 1 N–H and O–H groups in total. The first kappa shape index (κ1) is 10.8. The Hall–Kier alpha value is -0.300. The molecule has 0 aromatic carbocycles. The fourth-order valence-electron chi connectivity index (χ4n) is 5.45. The minimum absolute atomic E-state index is 0.637. The zero-order valence-electron chi connectivity index (χ0n) is 10.5. The first-order chi connectivity index (χ1) is 7.75. The van der Waals surface area contributed by atoms with Gasteiger partial charge in [0.1, 0.15) is 0 Å². The van der Waals surface area contributed by atoms with Crippen LogP contribution in [0.4, 0.5) is 0 Å². The molecule has 1 unspecified atom stereocenters. The summed E-state index contributed by atoms with van der Waals surface area (Å²) in [5.74, 6) is 3.19. The van der Waals surface area contributed by atoms with Crippen LogP contribution >= 0.6 is 0 Å². The molecule has 0 aromatic heterocycles. The SMILES string of the molecule is C=CCC(NC)C12CC3CC(CC(C3)C1)C2. The van der Waals surface area contributed by atoms with Gasteiger partial charge in [0.2, 0.25) is 0 Å². The molecule has 4 rings (SSSR count). The van der Waals surface area contributed by atoms with Crippen molar-refractivity contribution >= 4 is 0 Å². The maximum Gasteiger partial charge on any atom is 0.0155 e. The Morgan fingerprint density at radius 2 is 1.69 bits per heavy atom. The van der Waals surface area contributed by atoms with Crippen LogP contribution in [0.25, 0.3) is 0 Å². The Kier molecular flexibility index (Phi) is 2.62. The Bertz CT molecular complexity index is 246. The summed E-state index contributed by atoms with van der Waals surface area (Å²) >= 11 is 0. The summed E-state index contributed by atoms with van der Waals surface area (Å²) in [7, 11) is 2.15. The minimum atomic E-state index is 0.637. The smallest absolute Gasteiger partial charge is 0.0155 e. The number of hydrogen-bond acceptors (Lipinski definition) is 1. The second kappa shape index (κ2) is 3.87. The number of nitrogens with one attached hydrogen (secondary N) is 1. The topological polar surface area (TPSA) is 12.0 Å². The van der Waals surface area contributed by atoms with Gasteiger partial charge < -0.3 is 5.32 Å². The standard InChI is InChI=1S/C15H25N/c1-3-4-14(16-2)15-8-11-5-12(9-15)7-13(6-11)10-15/h3,11-14,16H,1,4-10H2,2H3. The molecule has 4 aliphatic rings. The van der Waals surface area contributed by atoms with E-state index in [2.05, 4.69) is 25.0 Å². The molecule has 1 heteroatoms. The lowest BCUT2D eigenvalue weighted by molar-refractivity contribution is -0.0719. The zero-order valence-corrected chi connectivity index (χ0v) is 10.5. The molecule has 1 nitrogen and oxygen atoms in total. The van der Waals surface area contributed by atoms with Gasteiger partial charge >= 0.3 is 0 Å². The Morgan fingerprint density at radius 3 is 2.06 bits per heavy atom. The summed E-state index contributed by atoms with van der Waals surface area (Å²) in [5, 5.41) is 3.59. The van der Waals surface area contributed by atoms with Gasteiger partial charge in [-0.25, -0.2) is 0 Å². The highest BCUT2D eigenvalue weighted by atomic mass is 14.9. The van der Waals surface area contributed by atoms with Crippen molar-refractivity contribution in [2.45, 2.75) is 51.0 Å². The minimum Gasteiger partial charge on any atom is -0.316 e. The second-order valence-corrected chi connectivity index (χ2v) is 6.65. The maximum atomic E-state index is 3.94. The van der Waals surface area contributed by atoms with E-state index in [-0.39, 0.29) is 0 Å². The molecule has 0 aliphatic heterocycles. The van der Waals surface area contributed by atoms with Crippen molar-refractivity contribution in [2.75, 3.05) is 7.05 Å². The average Bonchev–Trinajstić information content (AvgIpc) is 2.23. The van der Waals surface area contributed by atoms with Crippen LogP contribution in [0.2, 0.25) is 0 Å². The molecular weight excluding hydrogens is 194 g/mol. The van der Waals surface area contributed by atoms with Gasteiger partial charge in [-0.3, -0.25) is 0 Å². The molecule has 0 aromatic rings. The van der Waals surface area contributed by atoms with Gasteiger partial charge in [0.25, 0.3) is 0 Å². The van der Waals surface area contributed by atoms with Crippen LogP contribution in [0.5, 0.6) is 0 Å². The molecule has 0 saturated heterocycles. The molecule has 1 atom stereocenters. The van der Waals surface area contributed by atoms with E-state index in [0.29, 0.717) is 11.5 Å². The van der Waals surface area contributed by atoms with Gasteiger partial charge in [-0.2, -0.15) is 0 Å². The normalized spacial score (nSPS) is 46.9. The lowest BCUT2D eigenvalue weighted by Crippen LogP contribution is -2.55. The highest BCUT2D eigenvalue weighted by molar-refractivity contribution is 5.06. The van der Waals surface area contributed by atoms with E-state index in [4.69, 9.17) is 0 Å². The van der Waals surface area contributed by atoms with Crippen LogP contribution in [-0.2, 0) is 0 Å². The summed E-state index contributed by atoms with van der Waals surface area (Å²) in [6.45, 7) is 3.94. The van der Waals surface area contributed by atoms with Crippen molar-refractivity contribution in [2.24, 2.45) is 23.2 Å². The fourth-order valence-corrected chi connectivity index (χ4v) is 5.45. The van der Waals surface area contributed by atoms with Gasteiger partial charge in [0.05, 0.1) is 0 Å². The number of rotatable bonds is 4. The van der Waals surface area contributed by atoms with Gasteiger partial charge in [0, 0.05) is 6.04 Å². The predicted molar refractivity (Wildman–Crippen MR) is 68.3 cm³/mol. The van der Waals surface area contributed by atoms with Crippen LogP contribution in [-0.4, -0.2) is 13.1 Å². The summed E-state index contributed by atoms with van der Waals surface area (Å²) in [6, 6.07) is 0.693. The summed E-state index contributed by atoms with van der Waals surface area (Å²) < 4.78 is 0. The number of hydrogen-bond donors (Lipinski definition) is 1. The molecular formula is C15H25N. The fraction of sp³-hybridized carbons (Fsp3) is 0.867. The van der Waals surface area contributed by atoms with Crippen LogP contribution in [0.15, 0.2) is 12.7 Å². The molecule has 4 fully saturated rings. The van der Waals surface area contributed by atoms with Gasteiger partial charge in [-0.05, 0) is 75.2 Å². The van der Waals surface area contributed by atoms with Crippen LogP contribution in [0.1, 0.15) is 44.9 Å². The van der Waals surface area contributed by atoms with E-state index < -0.39 is 0 Å². The van der Waals surface area contributed by atoms with Gasteiger partial charge in [0.15, 0.2) is 0 Å². The molecule has 0 heterocycles. The van der Waals surface area contributed by atoms with Crippen molar-refractivity contribution in [3.05, 3.63) is 12.7 Å². The van der Waals surface area contributed by atoms with Crippen molar-refractivity contribution in [1.82, 2.24) is 5.32 Å². The van der Waals surface area contributed by atoms with Crippen molar-refractivity contribution in [3.63, 3.8) is 0 Å². The highest BCUT2D eigenvalue weighted by Gasteiger charge is 2.53. The van der Waals surface area contributed by atoms with Crippen molar-refractivity contribution in [3.8, 4) is 0 Å². The Morgan fingerprint density at radius 1 is 1.19 bits per heavy atom. The van der Waals surface area contributed by atoms with Crippen LogP contribution in [0, 0.1) is 23.2 Å². The van der Waals surface area contributed by atoms with Crippen molar-refractivity contribution in [1.29, 1.82) is 0 Å². The van der Waals surface area contributed by atoms with E-state index in [9.17, 15) is 0 Å². The van der Waals surface area contributed by atoms with E-state index in [1.165, 1.54) is 19.3 Å². The highest BCUT2D eigenvalue weighted by Crippen LogP contribution is 2.61. The summed E-state index contributed by atoms with van der Waals surface area (Å²) in [5.41, 5.74) is 0.637. The van der Waals surface area contributed by atoms with Crippen molar-refractivity contribution < 1.29 is 0 Å². The molecule has 4 saturated carbocycles. The Labute approximate surface area is 99.7 Å². The van der Waals surface area contributed by atoms with E-state index >= 15 is 0 Å². The predicted octanol–water partition coefficient (Wildman–Crippen LogP) is 3.37. The van der Waals surface area contributed by atoms with Gasteiger partial charge in [-0.15, -0.1) is 6.58 Å². The third kappa shape index (κ3) is 1.55. The molecule has 4 bridgehead atoms. The monoisotopic (exact) mass is 219 g/mol. The molecule has 0 radical (unpaired) electrons. The second-order valence-electron chi connectivity index (χ2n) is 6.65. The van der Waals surface area contributed by atoms with E-state index in [1.807, 2.05) is 0 Å². The van der Waals surface area contributed by atoms with E-state index in [1.54, 1.807) is 19.3 Å².